The molecule has 0 saturated heterocycles. The highest BCUT2D eigenvalue weighted by molar-refractivity contribution is 5.99. The van der Waals surface area contributed by atoms with Crippen molar-refractivity contribution < 1.29 is 4.79 Å². The molecule has 190 valence electrons. The van der Waals surface area contributed by atoms with E-state index in [0.29, 0.717) is 12.4 Å². The molecule has 0 aliphatic heterocycles. The number of amides is 1. The fourth-order valence-corrected chi connectivity index (χ4v) is 4.30. The van der Waals surface area contributed by atoms with Crippen LogP contribution in [-0.2, 0) is 0 Å². The highest BCUT2D eigenvalue weighted by Gasteiger charge is 2.18. The molecule has 1 aromatic heterocycles. The second-order valence-corrected chi connectivity index (χ2v) is 9.38. The van der Waals surface area contributed by atoms with E-state index in [2.05, 4.69) is 27.8 Å². The summed E-state index contributed by atoms with van der Waals surface area (Å²) in [6.07, 6.45) is 21.2. The molecule has 0 aliphatic carbocycles. The summed E-state index contributed by atoms with van der Waals surface area (Å²) < 4.78 is 0. The van der Waals surface area contributed by atoms with E-state index in [1.807, 2.05) is 30.3 Å². The van der Waals surface area contributed by atoms with Gasteiger partial charge in [0, 0.05) is 12.2 Å². The van der Waals surface area contributed by atoms with Crippen LogP contribution in [0, 0.1) is 0 Å². The van der Waals surface area contributed by atoms with Gasteiger partial charge in [0.1, 0.15) is 11.4 Å². The number of aromatic amines is 2. The van der Waals surface area contributed by atoms with Gasteiger partial charge in [-0.3, -0.25) is 19.8 Å². The highest BCUT2D eigenvalue weighted by Crippen LogP contribution is 2.16. The van der Waals surface area contributed by atoms with Crippen molar-refractivity contribution in [1.29, 1.82) is 0 Å². The van der Waals surface area contributed by atoms with Gasteiger partial charge >= 0.3 is 0 Å². The lowest BCUT2D eigenvalue weighted by molar-refractivity contribution is 0.0953. The lowest BCUT2D eigenvalue weighted by Crippen LogP contribution is -2.29. The van der Waals surface area contributed by atoms with Crippen molar-refractivity contribution in [1.82, 2.24) is 15.5 Å². The van der Waals surface area contributed by atoms with Crippen molar-refractivity contribution in [2.24, 2.45) is 0 Å². The number of aromatic nitrogens is 2. The van der Waals surface area contributed by atoms with Crippen molar-refractivity contribution in [3.63, 3.8) is 0 Å². The zero-order chi connectivity index (χ0) is 24.3. The molecule has 0 atom stereocenters. The monoisotopic (exact) mass is 470 g/mol. The number of benzene rings is 1. The summed E-state index contributed by atoms with van der Waals surface area (Å²) >= 11 is 0. The topological polar surface area (TPSA) is 89.8 Å². The first-order valence-electron chi connectivity index (χ1n) is 13.6. The standard InChI is InChI=1S/C28H46N4O2/c1-2-3-4-5-6-7-8-9-10-11-12-13-14-15-16-20-23-29-27(33)25-26(31-32-28(25)34)30-24-21-18-17-19-22-24/h17-19,21-22H,2-16,20,23H2,1H3,(H,29,33)(H3,30,31,32,34). The SMILES string of the molecule is CCCCCCCCCCCCCCCCCCNC(=O)c1c(Nc2ccccc2)[nH][nH]c1=O. The summed E-state index contributed by atoms with van der Waals surface area (Å²) in [5, 5.41) is 11.2. The maximum absolute atomic E-state index is 12.5. The van der Waals surface area contributed by atoms with Gasteiger partial charge in [0.05, 0.1) is 0 Å². The van der Waals surface area contributed by atoms with E-state index in [1.54, 1.807) is 0 Å². The summed E-state index contributed by atoms with van der Waals surface area (Å²) in [7, 11) is 0. The molecular formula is C28H46N4O2. The van der Waals surface area contributed by atoms with Crippen LogP contribution >= 0.6 is 0 Å². The van der Waals surface area contributed by atoms with Crippen molar-refractivity contribution in [3.8, 4) is 0 Å². The molecule has 0 aliphatic rings. The van der Waals surface area contributed by atoms with E-state index >= 15 is 0 Å². The summed E-state index contributed by atoms with van der Waals surface area (Å²) in [4.78, 5) is 24.6. The van der Waals surface area contributed by atoms with Crippen LogP contribution in [0.1, 0.15) is 120 Å². The second-order valence-electron chi connectivity index (χ2n) is 9.38. The first-order valence-corrected chi connectivity index (χ1v) is 13.6. The number of carbonyl (C=O) groups excluding carboxylic acids is 1. The molecule has 1 amide bonds. The Labute approximate surface area is 205 Å². The molecule has 0 fully saturated rings. The van der Waals surface area contributed by atoms with Crippen molar-refractivity contribution >= 4 is 17.4 Å². The molecule has 1 aromatic carbocycles. The first-order chi connectivity index (χ1) is 16.7. The molecule has 0 radical (unpaired) electrons. The van der Waals surface area contributed by atoms with Crippen molar-refractivity contribution in [3.05, 3.63) is 46.2 Å². The lowest BCUT2D eigenvalue weighted by Gasteiger charge is -2.07. The van der Waals surface area contributed by atoms with Crippen LogP contribution in [0.4, 0.5) is 11.5 Å². The molecule has 6 nitrogen and oxygen atoms in total. The quantitative estimate of drug-likeness (QED) is 0.152. The van der Waals surface area contributed by atoms with Crippen LogP contribution in [0.15, 0.2) is 35.1 Å². The Balaban J connectivity index is 1.45. The Morgan fingerprint density at radius 3 is 1.74 bits per heavy atom. The molecular weight excluding hydrogens is 424 g/mol. The molecule has 2 rings (SSSR count). The fraction of sp³-hybridized carbons (Fsp3) is 0.643. The van der Waals surface area contributed by atoms with E-state index in [1.165, 1.54) is 89.9 Å². The minimum atomic E-state index is -0.414. The van der Waals surface area contributed by atoms with Gasteiger partial charge in [-0.2, -0.15) is 0 Å². The minimum Gasteiger partial charge on any atom is -0.352 e. The molecule has 6 heteroatoms. The maximum atomic E-state index is 12.5. The van der Waals surface area contributed by atoms with Crippen LogP contribution in [0.3, 0.4) is 0 Å². The average molecular weight is 471 g/mol. The molecule has 0 unspecified atom stereocenters. The number of unbranched alkanes of at least 4 members (excludes halogenated alkanes) is 15. The Bertz CT molecular complexity index is 828. The van der Waals surface area contributed by atoms with Crippen molar-refractivity contribution in [2.75, 3.05) is 11.9 Å². The Morgan fingerprint density at radius 2 is 1.21 bits per heavy atom. The molecule has 4 N–H and O–H groups in total. The normalized spacial score (nSPS) is 11.0. The Morgan fingerprint density at radius 1 is 0.706 bits per heavy atom. The minimum absolute atomic E-state index is 0.0975. The summed E-state index contributed by atoms with van der Waals surface area (Å²) in [5.74, 6) is 0.0440. The zero-order valence-electron chi connectivity index (χ0n) is 21.2. The smallest absolute Gasteiger partial charge is 0.279 e. The van der Waals surface area contributed by atoms with Crippen LogP contribution in [-0.4, -0.2) is 22.6 Å². The van der Waals surface area contributed by atoms with Crippen LogP contribution in [0.25, 0.3) is 0 Å². The number of H-pyrrole nitrogens is 2. The fourth-order valence-electron chi connectivity index (χ4n) is 4.30. The lowest BCUT2D eigenvalue weighted by atomic mass is 10.0. The van der Waals surface area contributed by atoms with Crippen LogP contribution < -0.4 is 16.2 Å². The van der Waals surface area contributed by atoms with E-state index < -0.39 is 5.56 Å². The molecule has 34 heavy (non-hydrogen) atoms. The van der Waals surface area contributed by atoms with E-state index in [9.17, 15) is 9.59 Å². The Kier molecular flexibility index (Phi) is 14.6. The summed E-state index contributed by atoms with van der Waals surface area (Å²) in [6.45, 7) is 2.86. The third kappa shape index (κ3) is 11.6. The number of carbonyl (C=O) groups is 1. The molecule has 1 heterocycles. The number of rotatable bonds is 20. The van der Waals surface area contributed by atoms with Gasteiger partial charge in [0.2, 0.25) is 0 Å². The zero-order valence-corrected chi connectivity index (χ0v) is 21.2. The number of anilines is 2. The molecule has 0 spiro atoms. The largest absolute Gasteiger partial charge is 0.352 e. The Hall–Kier alpha value is -2.50. The maximum Gasteiger partial charge on any atom is 0.279 e. The van der Waals surface area contributed by atoms with Gasteiger partial charge < -0.3 is 10.6 Å². The van der Waals surface area contributed by atoms with Gasteiger partial charge in [0.15, 0.2) is 0 Å². The molecule has 0 saturated carbocycles. The predicted molar refractivity (Wildman–Crippen MR) is 143 cm³/mol. The average Bonchev–Trinajstić information content (AvgIpc) is 3.21. The van der Waals surface area contributed by atoms with Gasteiger partial charge in [-0.15, -0.1) is 0 Å². The van der Waals surface area contributed by atoms with Gasteiger partial charge in [-0.05, 0) is 18.6 Å². The predicted octanol–water partition coefficient (Wildman–Crippen LogP) is 7.44. The van der Waals surface area contributed by atoms with E-state index in [4.69, 9.17) is 0 Å². The third-order valence-corrected chi connectivity index (χ3v) is 6.36. The third-order valence-electron chi connectivity index (χ3n) is 6.36. The highest BCUT2D eigenvalue weighted by atomic mass is 16.2. The van der Waals surface area contributed by atoms with Gasteiger partial charge in [-0.25, -0.2) is 0 Å². The summed E-state index contributed by atoms with van der Waals surface area (Å²) in [6, 6.07) is 9.46. The number of hydrogen-bond donors (Lipinski definition) is 4. The van der Waals surface area contributed by atoms with E-state index in [-0.39, 0.29) is 11.5 Å². The number of hydrogen-bond acceptors (Lipinski definition) is 3. The molecule has 0 bridgehead atoms. The van der Waals surface area contributed by atoms with Gasteiger partial charge in [-0.1, -0.05) is 121 Å². The van der Waals surface area contributed by atoms with Crippen LogP contribution in [0.5, 0.6) is 0 Å². The first kappa shape index (κ1) is 27.7. The van der Waals surface area contributed by atoms with E-state index in [0.717, 1.165) is 18.5 Å². The number of nitrogens with one attached hydrogen (secondary N) is 4. The van der Waals surface area contributed by atoms with Crippen LogP contribution in [0.2, 0.25) is 0 Å². The van der Waals surface area contributed by atoms with Crippen molar-refractivity contribution in [2.45, 2.75) is 110 Å². The number of para-hydroxylation sites is 1. The second kappa shape index (κ2) is 17.9. The summed E-state index contributed by atoms with van der Waals surface area (Å²) in [5.41, 5.74) is 0.493. The van der Waals surface area contributed by atoms with Gasteiger partial charge in [0.25, 0.3) is 11.5 Å². The molecule has 2 aromatic rings.